The van der Waals surface area contributed by atoms with E-state index in [4.69, 9.17) is 11.6 Å². The van der Waals surface area contributed by atoms with Crippen LogP contribution in [0.3, 0.4) is 0 Å². The zero-order valence-electron chi connectivity index (χ0n) is 18.7. The van der Waals surface area contributed by atoms with Crippen LogP contribution in [0.25, 0.3) is 32.7 Å². The number of fused-ring (bicyclic) bond motifs is 2. The van der Waals surface area contributed by atoms with E-state index in [1.54, 1.807) is 42.5 Å². The first-order valence-electron chi connectivity index (χ1n) is 10.8. The van der Waals surface area contributed by atoms with Gasteiger partial charge in [0.05, 0.1) is 21.2 Å². The van der Waals surface area contributed by atoms with Crippen molar-refractivity contribution in [2.75, 3.05) is 4.72 Å². The van der Waals surface area contributed by atoms with Crippen LogP contribution in [0.5, 0.6) is 11.5 Å². The number of sulfonamides is 1. The molecule has 0 unspecified atom stereocenters. The molecule has 5 rings (SSSR count). The molecule has 0 aliphatic carbocycles. The second kappa shape index (κ2) is 8.86. The van der Waals surface area contributed by atoms with E-state index in [1.807, 2.05) is 12.1 Å². The lowest BCUT2D eigenvalue weighted by molar-refractivity contribution is -0.137. The standard InChI is InChI=1S/C27H17ClF3NO4S/c28-22-11-10-16(13-21(22)27(29,30)31)37(35,36)32-23-14-20(26(34)19-8-4-3-7-18(19)23)25-17-6-2-1-5-15(17)9-12-24(25)33/h1-14,32-34H. The van der Waals surface area contributed by atoms with Gasteiger partial charge in [-0.2, -0.15) is 13.2 Å². The maximum absolute atomic E-state index is 13.4. The summed E-state index contributed by atoms with van der Waals surface area (Å²) in [5.41, 5.74) is -0.876. The van der Waals surface area contributed by atoms with E-state index in [-0.39, 0.29) is 33.7 Å². The molecule has 10 heteroatoms. The van der Waals surface area contributed by atoms with Crippen LogP contribution in [-0.2, 0) is 16.2 Å². The van der Waals surface area contributed by atoms with Crippen LogP contribution in [0.2, 0.25) is 5.02 Å². The Balaban J connectivity index is 1.73. The second-order valence-electron chi connectivity index (χ2n) is 8.29. The number of hydrogen-bond acceptors (Lipinski definition) is 4. The van der Waals surface area contributed by atoms with E-state index in [1.165, 1.54) is 12.1 Å². The fraction of sp³-hybridized carbons (Fsp3) is 0.0370. The van der Waals surface area contributed by atoms with Crippen molar-refractivity contribution in [3.63, 3.8) is 0 Å². The largest absolute Gasteiger partial charge is 0.507 e. The van der Waals surface area contributed by atoms with Gasteiger partial charge in [0.1, 0.15) is 11.5 Å². The summed E-state index contributed by atoms with van der Waals surface area (Å²) in [6.45, 7) is 0. The van der Waals surface area contributed by atoms with E-state index in [2.05, 4.69) is 4.72 Å². The Morgan fingerprint density at radius 2 is 1.43 bits per heavy atom. The molecule has 5 aromatic carbocycles. The van der Waals surface area contributed by atoms with Crippen LogP contribution < -0.4 is 4.72 Å². The second-order valence-corrected chi connectivity index (χ2v) is 10.4. The average Bonchev–Trinajstić information content (AvgIpc) is 2.85. The highest BCUT2D eigenvalue weighted by Crippen LogP contribution is 2.46. The Morgan fingerprint density at radius 3 is 2.14 bits per heavy atom. The molecule has 0 amide bonds. The molecule has 0 saturated heterocycles. The number of aromatic hydroxyl groups is 2. The molecule has 37 heavy (non-hydrogen) atoms. The smallest absolute Gasteiger partial charge is 0.417 e. The van der Waals surface area contributed by atoms with Gasteiger partial charge in [-0.1, -0.05) is 66.2 Å². The molecule has 5 aromatic rings. The average molecular weight is 544 g/mol. The minimum Gasteiger partial charge on any atom is -0.507 e. The number of halogens is 4. The quantitative estimate of drug-likeness (QED) is 0.204. The molecular weight excluding hydrogens is 527 g/mol. The Morgan fingerprint density at radius 1 is 0.784 bits per heavy atom. The first-order valence-corrected chi connectivity index (χ1v) is 12.7. The summed E-state index contributed by atoms with van der Waals surface area (Å²) in [6, 6.07) is 20.3. The van der Waals surface area contributed by atoms with Gasteiger partial charge in [0.2, 0.25) is 0 Å². The normalized spacial score (nSPS) is 12.2. The molecule has 3 N–H and O–H groups in total. The molecule has 0 aliphatic heterocycles. The number of benzene rings is 5. The van der Waals surface area contributed by atoms with E-state index in [0.717, 1.165) is 17.5 Å². The van der Waals surface area contributed by atoms with Gasteiger partial charge < -0.3 is 10.2 Å². The van der Waals surface area contributed by atoms with Crippen LogP contribution in [0.4, 0.5) is 18.9 Å². The molecule has 5 nitrogen and oxygen atoms in total. The maximum atomic E-state index is 13.4. The molecule has 0 radical (unpaired) electrons. The molecule has 0 fully saturated rings. The van der Waals surface area contributed by atoms with Crippen molar-refractivity contribution in [2.24, 2.45) is 0 Å². The van der Waals surface area contributed by atoms with E-state index < -0.39 is 31.7 Å². The number of alkyl halides is 3. The van der Waals surface area contributed by atoms with Crippen molar-refractivity contribution in [3.05, 3.63) is 95.5 Å². The van der Waals surface area contributed by atoms with Gasteiger partial charge >= 0.3 is 6.18 Å². The number of phenols is 2. The van der Waals surface area contributed by atoms with Crippen molar-refractivity contribution in [1.82, 2.24) is 0 Å². The highest BCUT2D eigenvalue weighted by Gasteiger charge is 2.34. The SMILES string of the molecule is O=S(=O)(Nc1cc(-c2c(O)ccc3ccccc23)c(O)c2ccccc12)c1ccc(Cl)c(C(F)(F)F)c1. The first-order chi connectivity index (χ1) is 17.5. The van der Waals surface area contributed by atoms with Crippen molar-refractivity contribution >= 4 is 48.9 Å². The molecule has 0 aromatic heterocycles. The van der Waals surface area contributed by atoms with Gasteiger partial charge in [0.15, 0.2) is 0 Å². The highest BCUT2D eigenvalue weighted by atomic mass is 35.5. The van der Waals surface area contributed by atoms with Crippen LogP contribution in [-0.4, -0.2) is 18.6 Å². The summed E-state index contributed by atoms with van der Waals surface area (Å²) >= 11 is 5.65. The summed E-state index contributed by atoms with van der Waals surface area (Å²) < 4.78 is 68.8. The zero-order valence-corrected chi connectivity index (χ0v) is 20.3. The minimum atomic E-state index is -4.85. The number of phenolic OH excluding ortho intramolecular Hbond substituents is 2. The monoisotopic (exact) mass is 543 g/mol. The molecule has 0 heterocycles. The summed E-state index contributed by atoms with van der Waals surface area (Å²) in [5.74, 6) is -0.346. The van der Waals surface area contributed by atoms with Crippen LogP contribution in [0.1, 0.15) is 5.56 Å². The molecule has 0 bridgehead atoms. The fourth-order valence-electron chi connectivity index (χ4n) is 4.27. The number of hydrogen-bond donors (Lipinski definition) is 3. The van der Waals surface area contributed by atoms with Gasteiger partial charge in [0.25, 0.3) is 10.0 Å². The van der Waals surface area contributed by atoms with E-state index >= 15 is 0 Å². The van der Waals surface area contributed by atoms with Crippen LogP contribution >= 0.6 is 11.6 Å². The lowest BCUT2D eigenvalue weighted by Gasteiger charge is -2.17. The highest BCUT2D eigenvalue weighted by molar-refractivity contribution is 7.92. The van der Waals surface area contributed by atoms with Crippen molar-refractivity contribution < 1.29 is 31.8 Å². The molecule has 0 atom stereocenters. The minimum absolute atomic E-state index is 0.000701. The number of anilines is 1. The molecule has 0 saturated carbocycles. The third-order valence-electron chi connectivity index (χ3n) is 5.99. The van der Waals surface area contributed by atoms with Crippen LogP contribution in [0.15, 0.2) is 89.8 Å². The Kier molecular flexibility index (Phi) is 5.92. The first kappa shape index (κ1) is 24.7. The van der Waals surface area contributed by atoms with Crippen LogP contribution in [0, 0.1) is 0 Å². The number of nitrogens with one attached hydrogen (secondary N) is 1. The van der Waals surface area contributed by atoms with E-state index in [0.29, 0.717) is 16.8 Å². The molecular formula is C27H17ClF3NO4S. The van der Waals surface area contributed by atoms with Gasteiger partial charge in [-0.3, -0.25) is 4.72 Å². The summed E-state index contributed by atoms with van der Waals surface area (Å²) in [4.78, 5) is -0.643. The van der Waals surface area contributed by atoms with Crippen molar-refractivity contribution in [3.8, 4) is 22.6 Å². The Labute approximate surface area is 214 Å². The number of rotatable bonds is 4. The predicted molar refractivity (Wildman–Crippen MR) is 137 cm³/mol. The Bertz CT molecular complexity index is 1800. The van der Waals surface area contributed by atoms with Gasteiger partial charge in [-0.15, -0.1) is 0 Å². The van der Waals surface area contributed by atoms with E-state index in [9.17, 15) is 31.8 Å². The fourth-order valence-corrected chi connectivity index (χ4v) is 5.59. The summed E-state index contributed by atoms with van der Waals surface area (Å²) in [7, 11) is -4.52. The summed E-state index contributed by atoms with van der Waals surface area (Å²) in [6.07, 6.45) is -4.85. The third kappa shape index (κ3) is 4.41. The van der Waals surface area contributed by atoms with Crippen molar-refractivity contribution in [1.29, 1.82) is 0 Å². The van der Waals surface area contributed by atoms with Gasteiger partial charge in [0, 0.05) is 21.9 Å². The third-order valence-corrected chi connectivity index (χ3v) is 7.68. The Hall–Kier alpha value is -3.95. The predicted octanol–water partition coefficient (Wildman–Crippen LogP) is 7.54. The van der Waals surface area contributed by atoms with Gasteiger partial charge in [-0.05, 0) is 41.1 Å². The lowest BCUT2D eigenvalue weighted by atomic mass is 9.93. The van der Waals surface area contributed by atoms with Gasteiger partial charge in [-0.25, -0.2) is 8.42 Å². The maximum Gasteiger partial charge on any atom is 0.417 e. The van der Waals surface area contributed by atoms with Crippen molar-refractivity contribution in [2.45, 2.75) is 11.1 Å². The zero-order chi connectivity index (χ0) is 26.5. The molecule has 0 aliphatic rings. The lowest BCUT2D eigenvalue weighted by Crippen LogP contribution is -2.15. The molecule has 188 valence electrons. The molecule has 0 spiro atoms. The topological polar surface area (TPSA) is 86.6 Å². The summed E-state index contributed by atoms with van der Waals surface area (Å²) in [5, 5.41) is 23.2.